The number of nitrogens with zero attached hydrogens (tertiary/aromatic N) is 2. The lowest BCUT2D eigenvalue weighted by atomic mass is 10.3. The van der Waals surface area contributed by atoms with Gasteiger partial charge in [0.2, 0.25) is 0 Å². The zero-order chi connectivity index (χ0) is 10.8. The van der Waals surface area contributed by atoms with Gasteiger partial charge in [-0.1, -0.05) is 0 Å². The van der Waals surface area contributed by atoms with E-state index in [1.807, 2.05) is 29.7 Å². The maximum atomic E-state index is 10.3. The van der Waals surface area contributed by atoms with Crippen LogP contribution >= 0.6 is 0 Å². The molecule has 0 atom stereocenters. The summed E-state index contributed by atoms with van der Waals surface area (Å²) in [5.74, 6) is -0.969. The van der Waals surface area contributed by atoms with Crippen LogP contribution in [0, 0.1) is 6.92 Å². The zero-order valence-electron chi connectivity index (χ0n) is 8.21. The molecule has 0 aromatic carbocycles. The van der Waals surface area contributed by atoms with Gasteiger partial charge in [0.15, 0.2) is 0 Å². The first-order valence-electron chi connectivity index (χ1n) is 4.51. The second kappa shape index (κ2) is 3.57. The number of pyridine rings is 1. The molecule has 0 aliphatic rings. The van der Waals surface area contributed by atoms with Crippen LogP contribution in [0.5, 0.6) is 0 Å². The highest BCUT2D eigenvalue weighted by molar-refractivity contribution is 5.85. The molecule has 4 heteroatoms. The van der Waals surface area contributed by atoms with Gasteiger partial charge >= 0.3 is 5.97 Å². The minimum absolute atomic E-state index is 0.642. The lowest BCUT2D eigenvalue weighted by molar-refractivity contribution is -0.131. The number of aromatic nitrogens is 2. The van der Waals surface area contributed by atoms with E-state index in [1.54, 1.807) is 6.20 Å². The van der Waals surface area contributed by atoms with Crippen LogP contribution in [-0.2, 0) is 4.79 Å². The van der Waals surface area contributed by atoms with Crippen LogP contribution in [0.2, 0.25) is 0 Å². The quantitative estimate of drug-likeness (QED) is 0.754. The van der Waals surface area contributed by atoms with Gasteiger partial charge in [-0.25, -0.2) is 9.78 Å². The van der Waals surface area contributed by atoms with Crippen LogP contribution < -0.4 is 0 Å². The van der Waals surface area contributed by atoms with Crippen molar-refractivity contribution in [3.8, 4) is 0 Å². The Kier molecular flexibility index (Phi) is 2.25. The number of hydrogen-bond acceptors (Lipinski definition) is 2. The molecular weight excluding hydrogens is 192 g/mol. The first-order valence-corrected chi connectivity index (χ1v) is 4.51. The Bertz CT molecular complexity index is 541. The summed E-state index contributed by atoms with van der Waals surface area (Å²) >= 11 is 0. The molecule has 4 nitrogen and oxygen atoms in total. The summed E-state index contributed by atoms with van der Waals surface area (Å²) in [5, 5.41) is 8.47. The van der Waals surface area contributed by atoms with Crippen molar-refractivity contribution in [1.29, 1.82) is 0 Å². The van der Waals surface area contributed by atoms with E-state index in [9.17, 15) is 4.79 Å². The largest absolute Gasteiger partial charge is 0.478 e. The van der Waals surface area contributed by atoms with Gasteiger partial charge in [-0.15, -0.1) is 0 Å². The van der Waals surface area contributed by atoms with Crippen molar-refractivity contribution in [2.75, 3.05) is 0 Å². The number of hydrogen-bond donors (Lipinski definition) is 1. The molecule has 15 heavy (non-hydrogen) atoms. The fraction of sp³-hybridized carbons (Fsp3) is 0.0909. The molecule has 0 radical (unpaired) electrons. The first kappa shape index (κ1) is 9.45. The Morgan fingerprint density at radius 1 is 1.60 bits per heavy atom. The van der Waals surface area contributed by atoms with Gasteiger partial charge in [0.25, 0.3) is 0 Å². The molecule has 0 saturated carbocycles. The van der Waals surface area contributed by atoms with E-state index < -0.39 is 5.97 Å². The lowest BCUT2D eigenvalue weighted by Gasteiger charge is -1.92. The lowest BCUT2D eigenvalue weighted by Crippen LogP contribution is -1.85. The van der Waals surface area contributed by atoms with Gasteiger partial charge < -0.3 is 9.51 Å². The van der Waals surface area contributed by atoms with Crippen molar-refractivity contribution in [3.63, 3.8) is 0 Å². The van der Waals surface area contributed by atoms with Crippen molar-refractivity contribution < 1.29 is 9.90 Å². The van der Waals surface area contributed by atoms with Crippen LogP contribution in [0.3, 0.4) is 0 Å². The number of carboxylic acids is 1. The molecular formula is C11H10N2O2. The Balaban J connectivity index is 2.43. The molecule has 2 aromatic rings. The number of carboxylic acid groups (broad SMARTS) is 1. The van der Waals surface area contributed by atoms with Crippen LogP contribution in [-0.4, -0.2) is 20.5 Å². The fourth-order valence-electron chi connectivity index (χ4n) is 1.34. The van der Waals surface area contributed by atoms with Crippen LogP contribution in [0.4, 0.5) is 0 Å². The Hall–Kier alpha value is -2.10. The highest BCUT2D eigenvalue weighted by Crippen LogP contribution is 2.08. The molecule has 0 fully saturated rings. The Labute approximate surface area is 86.5 Å². The number of carbonyl (C=O) groups is 1. The molecule has 0 aliphatic heterocycles. The molecule has 2 aromatic heterocycles. The predicted molar refractivity (Wildman–Crippen MR) is 56.6 cm³/mol. The Morgan fingerprint density at radius 2 is 2.40 bits per heavy atom. The van der Waals surface area contributed by atoms with Crippen molar-refractivity contribution >= 4 is 17.7 Å². The van der Waals surface area contributed by atoms with Crippen LogP contribution in [0.15, 0.2) is 30.6 Å². The highest BCUT2D eigenvalue weighted by Gasteiger charge is 1.98. The monoisotopic (exact) mass is 202 g/mol. The number of imidazole rings is 1. The molecule has 1 N–H and O–H groups in total. The summed E-state index contributed by atoms with van der Waals surface area (Å²) in [4.78, 5) is 14.6. The number of aryl methyl sites for hydroxylation is 1. The molecule has 2 heterocycles. The third-order valence-electron chi connectivity index (χ3n) is 2.03. The summed E-state index contributed by atoms with van der Waals surface area (Å²) in [5.41, 5.74) is 2.59. The maximum Gasteiger partial charge on any atom is 0.328 e. The van der Waals surface area contributed by atoms with E-state index >= 15 is 0 Å². The number of fused-ring (bicyclic) bond motifs is 1. The molecule has 0 aliphatic carbocycles. The third-order valence-corrected chi connectivity index (χ3v) is 2.03. The van der Waals surface area contributed by atoms with Crippen LogP contribution in [0.1, 0.15) is 11.3 Å². The SMILES string of the molecule is Cc1ccn2cc(/C=C/C(=O)O)nc2c1. The normalized spacial score (nSPS) is 11.3. The summed E-state index contributed by atoms with van der Waals surface area (Å²) in [6.45, 7) is 1.99. The third kappa shape index (κ3) is 2.04. The van der Waals surface area contributed by atoms with Crippen molar-refractivity contribution in [1.82, 2.24) is 9.38 Å². The summed E-state index contributed by atoms with van der Waals surface area (Å²) in [7, 11) is 0. The fourth-order valence-corrected chi connectivity index (χ4v) is 1.34. The van der Waals surface area contributed by atoms with Crippen molar-refractivity contribution in [2.45, 2.75) is 6.92 Å². The molecule has 0 unspecified atom stereocenters. The van der Waals surface area contributed by atoms with Gasteiger partial charge in [0.05, 0.1) is 5.69 Å². The second-order valence-corrected chi connectivity index (χ2v) is 3.31. The standard InChI is InChI=1S/C11H10N2O2/c1-8-4-5-13-7-9(2-3-11(14)15)12-10(13)6-8/h2-7H,1H3,(H,14,15)/b3-2+. The van der Waals surface area contributed by atoms with Crippen molar-refractivity contribution in [2.24, 2.45) is 0 Å². The van der Waals surface area contributed by atoms with E-state index in [2.05, 4.69) is 4.98 Å². The first-order chi connectivity index (χ1) is 7.15. The number of rotatable bonds is 2. The molecule has 0 saturated heterocycles. The average Bonchev–Trinajstić information content (AvgIpc) is 2.56. The minimum atomic E-state index is -0.969. The molecule has 0 spiro atoms. The molecule has 0 amide bonds. The van der Waals surface area contributed by atoms with E-state index in [0.29, 0.717) is 5.69 Å². The maximum absolute atomic E-state index is 10.3. The second-order valence-electron chi connectivity index (χ2n) is 3.31. The molecule has 2 rings (SSSR count). The van der Waals surface area contributed by atoms with Gasteiger partial charge in [0, 0.05) is 18.5 Å². The average molecular weight is 202 g/mol. The smallest absolute Gasteiger partial charge is 0.328 e. The molecule has 0 bridgehead atoms. The number of aliphatic carboxylic acids is 1. The highest BCUT2D eigenvalue weighted by atomic mass is 16.4. The topological polar surface area (TPSA) is 54.6 Å². The van der Waals surface area contributed by atoms with Crippen molar-refractivity contribution in [3.05, 3.63) is 41.9 Å². The zero-order valence-corrected chi connectivity index (χ0v) is 8.21. The van der Waals surface area contributed by atoms with E-state index in [0.717, 1.165) is 17.3 Å². The van der Waals surface area contributed by atoms with E-state index in [4.69, 9.17) is 5.11 Å². The molecule has 76 valence electrons. The predicted octanol–water partition coefficient (Wildman–Crippen LogP) is 1.74. The minimum Gasteiger partial charge on any atom is -0.478 e. The van der Waals surface area contributed by atoms with Gasteiger partial charge in [-0.05, 0) is 30.7 Å². The summed E-state index contributed by atoms with van der Waals surface area (Å²) < 4.78 is 1.86. The van der Waals surface area contributed by atoms with Gasteiger partial charge in [-0.2, -0.15) is 0 Å². The Morgan fingerprint density at radius 3 is 3.13 bits per heavy atom. The summed E-state index contributed by atoms with van der Waals surface area (Å²) in [6, 6.07) is 3.91. The van der Waals surface area contributed by atoms with Gasteiger partial charge in [-0.3, -0.25) is 0 Å². The van der Waals surface area contributed by atoms with E-state index in [-0.39, 0.29) is 0 Å². The van der Waals surface area contributed by atoms with E-state index in [1.165, 1.54) is 6.08 Å². The summed E-state index contributed by atoms with van der Waals surface area (Å²) in [6.07, 6.45) is 6.24. The van der Waals surface area contributed by atoms with Crippen LogP contribution in [0.25, 0.3) is 11.7 Å². The van der Waals surface area contributed by atoms with Gasteiger partial charge in [0.1, 0.15) is 5.65 Å².